The Morgan fingerprint density at radius 2 is 1.44 bits per heavy atom. The second kappa shape index (κ2) is 9.14. The van der Waals surface area contributed by atoms with Crippen molar-refractivity contribution in [2.75, 3.05) is 11.9 Å². The minimum Gasteiger partial charge on any atom is -0.356 e. The van der Waals surface area contributed by atoms with E-state index < -0.39 is 20.1 Å². The molecule has 11 heteroatoms. The van der Waals surface area contributed by atoms with E-state index in [-0.39, 0.29) is 27.4 Å². The maximum atomic E-state index is 13.3. The lowest BCUT2D eigenvalue weighted by molar-refractivity contribution is -0.0764. The number of hydrogen-bond acceptors (Lipinski definition) is 8. The topological polar surface area (TPSA) is 111 Å². The average molecular weight is 567 g/mol. The molecule has 0 N–H and O–H groups in total. The summed E-state index contributed by atoms with van der Waals surface area (Å²) in [6.07, 6.45) is 5.79. The van der Waals surface area contributed by atoms with E-state index in [1.165, 1.54) is 16.5 Å². The van der Waals surface area contributed by atoms with Crippen molar-refractivity contribution in [3.63, 3.8) is 0 Å². The molecule has 2 fully saturated rings. The maximum Gasteiger partial charge on any atom is 0.297 e. The third kappa shape index (κ3) is 4.52. The normalized spacial score (nSPS) is 22.9. The van der Waals surface area contributed by atoms with Crippen molar-refractivity contribution in [3.05, 3.63) is 78.2 Å². The van der Waals surface area contributed by atoms with Crippen LogP contribution in [0.25, 0.3) is 11.0 Å². The van der Waals surface area contributed by atoms with Gasteiger partial charge in [0.25, 0.3) is 20.1 Å². The van der Waals surface area contributed by atoms with Crippen LogP contribution in [-0.2, 0) is 24.3 Å². The van der Waals surface area contributed by atoms with Gasteiger partial charge in [-0.1, -0.05) is 35.4 Å². The predicted octanol–water partition coefficient (Wildman–Crippen LogP) is 4.44. The molecule has 0 atom stereocenters. The lowest BCUT2D eigenvalue weighted by Crippen LogP contribution is -2.58. The Morgan fingerprint density at radius 1 is 0.846 bits per heavy atom. The van der Waals surface area contributed by atoms with Crippen molar-refractivity contribution in [2.24, 2.45) is 5.41 Å². The van der Waals surface area contributed by atoms with Crippen LogP contribution in [0.3, 0.4) is 0 Å². The second-order valence-electron chi connectivity index (χ2n) is 10.9. The fourth-order valence-electron chi connectivity index (χ4n) is 5.85. The molecule has 0 saturated heterocycles. The molecule has 204 valence electrons. The standard InChI is InChI=1S/C28H30N4O5S2/c1-19-4-8-23(9-5-19)38(33,34)32-13-12-25-26(29-18-30-27(25)32)31(3)21-14-28(15-21)16-22(17-28)37-39(35,36)24-10-6-20(2)7-11-24/h4-13,18,21-22H,14-17H2,1-3H3. The van der Waals surface area contributed by atoms with Crippen LogP contribution in [0.1, 0.15) is 36.8 Å². The molecule has 1 spiro atoms. The van der Waals surface area contributed by atoms with Crippen LogP contribution in [0.4, 0.5) is 5.82 Å². The number of hydrogen-bond donors (Lipinski definition) is 0. The van der Waals surface area contributed by atoms with Gasteiger partial charge >= 0.3 is 0 Å². The van der Waals surface area contributed by atoms with E-state index in [2.05, 4.69) is 14.9 Å². The van der Waals surface area contributed by atoms with Crippen LogP contribution >= 0.6 is 0 Å². The second-order valence-corrected chi connectivity index (χ2v) is 14.3. The first kappa shape index (κ1) is 26.0. The molecule has 39 heavy (non-hydrogen) atoms. The zero-order valence-electron chi connectivity index (χ0n) is 22.0. The highest BCUT2D eigenvalue weighted by Crippen LogP contribution is 2.58. The highest BCUT2D eigenvalue weighted by atomic mass is 32.2. The summed E-state index contributed by atoms with van der Waals surface area (Å²) in [6, 6.07) is 15.4. The zero-order valence-corrected chi connectivity index (χ0v) is 23.6. The highest BCUT2D eigenvalue weighted by Gasteiger charge is 2.55. The average Bonchev–Trinajstić information content (AvgIpc) is 3.30. The molecule has 2 aromatic carbocycles. The molecule has 2 aliphatic rings. The molecule has 0 amide bonds. The van der Waals surface area contributed by atoms with Gasteiger partial charge in [0.1, 0.15) is 12.1 Å². The lowest BCUT2D eigenvalue weighted by Gasteiger charge is -2.59. The van der Waals surface area contributed by atoms with E-state index in [9.17, 15) is 16.8 Å². The molecular formula is C28H30N4O5S2. The van der Waals surface area contributed by atoms with E-state index in [1.807, 2.05) is 20.9 Å². The Morgan fingerprint density at radius 3 is 2.05 bits per heavy atom. The summed E-state index contributed by atoms with van der Waals surface area (Å²) in [5.74, 6) is 0.673. The van der Waals surface area contributed by atoms with Gasteiger partial charge in [0, 0.05) is 19.3 Å². The largest absolute Gasteiger partial charge is 0.356 e. The van der Waals surface area contributed by atoms with Crippen molar-refractivity contribution in [2.45, 2.75) is 61.5 Å². The van der Waals surface area contributed by atoms with Gasteiger partial charge in [-0.3, -0.25) is 4.18 Å². The van der Waals surface area contributed by atoms with Crippen LogP contribution in [0.5, 0.6) is 0 Å². The van der Waals surface area contributed by atoms with Gasteiger partial charge in [-0.2, -0.15) is 8.42 Å². The molecule has 2 aromatic heterocycles. The Bertz CT molecular complexity index is 1750. The number of anilines is 1. The van der Waals surface area contributed by atoms with Gasteiger partial charge in [0.15, 0.2) is 5.65 Å². The Kier molecular flexibility index (Phi) is 6.09. The van der Waals surface area contributed by atoms with Gasteiger partial charge < -0.3 is 4.90 Å². The summed E-state index contributed by atoms with van der Waals surface area (Å²) in [4.78, 5) is 11.2. The summed E-state index contributed by atoms with van der Waals surface area (Å²) in [6.45, 7) is 3.82. The van der Waals surface area contributed by atoms with Crippen molar-refractivity contribution in [1.29, 1.82) is 0 Å². The van der Waals surface area contributed by atoms with E-state index >= 15 is 0 Å². The Labute approximate surface area is 228 Å². The quantitative estimate of drug-likeness (QED) is 0.302. The van der Waals surface area contributed by atoms with Crippen molar-refractivity contribution < 1.29 is 21.0 Å². The van der Waals surface area contributed by atoms with Gasteiger partial charge in [0.05, 0.1) is 21.3 Å². The molecule has 0 radical (unpaired) electrons. The summed E-state index contributed by atoms with van der Waals surface area (Å²) in [5.41, 5.74) is 2.37. The first-order valence-electron chi connectivity index (χ1n) is 12.8. The zero-order chi connectivity index (χ0) is 27.6. The Hall–Kier alpha value is -3.28. The van der Waals surface area contributed by atoms with E-state index in [1.54, 1.807) is 54.6 Å². The third-order valence-electron chi connectivity index (χ3n) is 8.12. The summed E-state index contributed by atoms with van der Waals surface area (Å²) in [7, 11) is -5.63. The maximum absolute atomic E-state index is 13.3. The van der Waals surface area contributed by atoms with Gasteiger partial charge in [0.2, 0.25) is 0 Å². The van der Waals surface area contributed by atoms with Crippen molar-refractivity contribution >= 4 is 37.0 Å². The molecule has 2 heterocycles. The highest BCUT2D eigenvalue weighted by molar-refractivity contribution is 7.90. The van der Waals surface area contributed by atoms with Crippen molar-refractivity contribution in [1.82, 2.24) is 13.9 Å². The summed E-state index contributed by atoms with van der Waals surface area (Å²) >= 11 is 0. The number of fused-ring (bicyclic) bond motifs is 1. The minimum absolute atomic E-state index is 0.0687. The number of aromatic nitrogens is 3. The van der Waals surface area contributed by atoms with Crippen LogP contribution in [0.2, 0.25) is 0 Å². The number of aryl methyl sites for hydroxylation is 2. The first-order chi connectivity index (χ1) is 18.5. The van der Waals surface area contributed by atoms with E-state index in [0.29, 0.717) is 29.7 Å². The SMILES string of the molecule is Cc1ccc(S(=O)(=O)OC2CC3(C2)CC(N(C)c2ncnc4c2ccn4S(=O)(=O)c2ccc(C)cc2)C3)cc1. The smallest absolute Gasteiger partial charge is 0.297 e. The van der Waals surface area contributed by atoms with Crippen LogP contribution in [0.15, 0.2) is 76.9 Å². The fourth-order valence-corrected chi connectivity index (χ4v) is 8.22. The summed E-state index contributed by atoms with van der Waals surface area (Å²) in [5, 5.41) is 0.663. The minimum atomic E-state index is -3.81. The number of rotatable bonds is 7. The lowest BCUT2D eigenvalue weighted by atomic mass is 9.52. The van der Waals surface area contributed by atoms with E-state index in [0.717, 1.165) is 24.0 Å². The third-order valence-corrected chi connectivity index (χ3v) is 11.2. The monoisotopic (exact) mass is 566 g/mol. The van der Waals surface area contributed by atoms with Gasteiger partial charge in [-0.25, -0.2) is 22.4 Å². The number of nitrogens with zero attached hydrogens (tertiary/aromatic N) is 4. The molecule has 9 nitrogen and oxygen atoms in total. The predicted molar refractivity (Wildman–Crippen MR) is 148 cm³/mol. The van der Waals surface area contributed by atoms with Gasteiger partial charge in [-0.05, 0) is 75.3 Å². The molecule has 4 aromatic rings. The molecule has 6 rings (SSSR count). The van der Waals surface area contributed by atoms with Crippen molar-refractivity contribution in [3.8, 4) is 0 Å². The molecule has 2 aliphatic carbocycles. The molecule has 2 saturated carbocycles. The molecule has 0 aliphatic heterocycles. The molecular weight excluding hydrogens is 536 g/mol. The van der Waals surface area contributed by atoms with E-state index in [4.69, 9.17) is 4.18 Å². The molecule has 0 bridgehead atoms. The van der Waals surface area contributed by atoms with Gasteiger partial charge in [-0.15, -0.1) is 0 Å². The fraction of sp³-hybridized carbons (Fsp3) is 0.357. The van der Waals surface area contributed by atoms with Crippen LogP contribution in [0, 0.1) is 19.3 Å². The summed E-state index contributed by atoms with van der Waals surface area (Å²) < 4.78 is 58.6. The Balaban J connectivity index is 1.14. The number of benzene rings is 2. The van der Waals surface area contributed by atoms with Crippen LogP contribution in [-0.4, -0.2) is 50.0 Å². The van der Waals surface area contributed by atoms with Crippen LogP contribution < -0.4 is 4.90 Å². The first-order valence-corrected chi connectivity index (χ1v) is 15.7. The molecule has 0 unspecified atom stereocenters.